The standard InChI is InChI=1S/C21H17ClN6O3S2/c22-15-5-4-14-11-19(32-18(14)12-15)33(30,31)28-9-7-27(8-10-28)21(29)20-24-13-17(25-26-20)16-3-1-2-6-23-16/h1-6,11-13H,7-10H2. The molecule has 3 aromatic heterocycles. The van der Waals surface area contributed by atoms with Gasteiger partial charge in [-0.05, 0) is 35.7 Å². The van der Waals surface area contributed by atoms with E-state index in [2.05, 4.69) is 20.2 Å². The SMILES string of the molecule is O=C(c1ncc(-c2ccccn2)nn1)N1CCN(S(=O)(=O)c2cc3ccc(Cl)cc3s2)CC1. The number of hydrogen-bond donors (Lipinski definition) is 0. The number of pyridine rings is 1. The Morgan fingerprint density at radius 3 is 2.48 bits per heavy atom. The van der Waals surface area contributed by atoms with E-state index in [1.807, 2.05) is 6.07 Å². The van der Waals surface area contributed by atoms with Gasteiger partial charge < -0.3 is 4.90 Å². The minimum atomic E-state index is -3.67. The number of fused-ring (bicyclic) bond motifs is 1. The summed E-state index contributed by atoms with van der Waals surface area (Å²) < 4.78 is 28.7. The van der Waals surface area contributed by atoms with Crippen molar-refractivity contribution in [3.05, 3.63) is 65.7 Å². The van der Waals surface area contributed by atoms with Crippen LogP contribution in [0, 0.1) is 0 Å². The highest BCUT2D eigenvalue weighted by atomic mass is 35.5. The van der Waals surface area contributed by atoms with E-state index < -0.39 is 10.0 Å². The van der Waals surface area contributed by atoms with Gasteiger partial charge in [-0.25, -0.2) is 13.4 Å². The maximum atomic E-state index is 13.1. The highest BCUT2D eigenvalue weighted by Gasteiger charge is 2.32. The maximum Gasteiger partial charge on any atom is 0.293 e. The second kappa shape index (κ2) is 8.75. The molecule has 4 aromatic rings. The predicted molar refractivity (Wildman–Crippen MR) is 125 cm³/mol. The van der Waals surface area contributed by atoms with Gasteiger partial charge in [0, 0.05) is 42.1 Å². The first-order chi connectivity index (χ1) is 15.9. The number of sulfonamides is 1. The maximum absolute atomic E-state index is 13.1. The van der Waals surface area contributed by atoms with Crippen molar-refractivity contribution in [2.75, 3.05) is 26.2 Å². The minimum absolute atomic E-state index is 0.0348. The Morgan fingerprint density at radius 1 is 0.970 bits per heavy atom. The molecule has 1 aromatic carbocycles. The van der Waals surface area contributed by atoms with E-state index in [0.717, 1.165) is 10.1 Å². The van der Waals surface area contributed by atoms with Crippen molar-refractivity contribution in [2.45, 2.75) is 4.21 Å². The van der Waals surface area contributed by atoms with E-state index in [-0.39, 0.29) is 42.1 Å². The molecule has 168 valence electrons. The lowest BCUT2D eigenvalue weighted by molar-refractivity contribution is 0.0684. The molecule has 5 rings (SSSR count). The Bertz CT molecular complexity index is 1420. The van der Waals surface area contributed by atoms with Crippen molar-refractivity contribution in [1.82, 2.24) is 29.4 Å². The highest BCUT2D eigenvalue weighted by Crippen LogP contribution is 2.33. The molecule has 33 heavy (non-hydrogen) atoms. The largest absolute Gasteiger partial charge is 0.333 e. The fourth-order valence-corrected chi connectivity index (χ4v) is 6.76. The average Bonchev–Trinajstić information content (AvgIpc) is 3.28. The molecule has 0 spiro atoms. The van der Waals surface area contributed by atoms with Gasteiger partial charge >= 0.3 is 0 Å². The molecule has 0 atom stereocenters. The van der Waals surface area contributed by atoms with Gasteiger partial charge in [-0.15, -0.1) is 21.5 Å². The van der Waals surface area contributed by atoms with Crippen LogP contribution in [0.4, 0.5) is 0 Å². The summed E-state index contributed by atoms with van der Waals surface area (Å²) in [7, 11) is -3.67. The number of thiophene rings is 1. The summed E-state index contributed by atoms with van der Waals surface area (Å²) in [6, 6.07) is 12.3. The van der Waals surface area contributed by atoms with Crippen LogP contribution >= 0.6 is 22.9 Å². The molecule has 0 bridgehead atoms. The molecule has 1 saturated heterocycles. The van der Waals surface area contributed by atoms with Gasteiger partial charge in [-0.3, -0.25) is 9.78 Å². The lowest BCUT2D eigenvalue weighted by Gasteiger charge is -2.33. The molecule has 1 amide bonds. The molecular weight excluding hydrogens is 484 g/mol. The van der Waals surface area contributed by atoms with Gasteiger partial charge in [0.2, 0.25) is 5.82 Å². The zero-order chi connectivity index (χ0) is 23.0. The van der Waals surface area contributed by atoms with Crippen LogP contribution in [0.15, 0.2) is 59.1 Å². The Hall–Kier alpha value is -2.99. The zero-order valence-corrected chi connectivity index (χ0v) is 19.5. The number of rotatable bonds is 4. The third-order valence-corrected chi connectivity index (χ3v) is 8.94. The summed E-state index contributed by atoms with van der Waals surface area (Å²) >= 11 is 7.21. The monoisotopic (exact) mass is 500 g/mol. The summed E-state index contributed by atoms with van der Waals surface area (Å²) in [4.78, 5) is 22.6. The van der Waals surface area contributed by atoms with Crippen molar-refractivity contribution in [1.29, 1.82) is 0 Å². The number of piperazine rings is 1. The van der Waals surface area contributed by atoms with Crippen molar-refractivity contribution >= 4 is 49.0 Å². The molecule has 0 radical (unpaired) electrons. The highest BCUT2D eigenvalue weighted by molar-refractivity contribution is 7.91. The molecule has 0 aliphatic carbocycles. The van der Waals surface area contributed by atoms with Crippen LogP contribution in [0.25, 0.3) is 21.5 Å². The quantitative estimate of drug-likeness (QED) is 0.423. The zero-order valence-electron chi connectivity index (χ0n) is 17.1. The van der Waals surface area contributed by atoms with Gasteiger partial charge in [0.1, 0.15) is 9.90 Å². The molecule has 0 unspecified atom stereocenters. The molecule has 4 heterocycles. The number of carbonyl (C=O) groups is 1. The van der Waals surface area contributed by atoms with Gasteiger partial charge in [0.25, 0.3) is 15.9 Å². The van der Waals surface area contributed by atoms with Crippen LogP contribution in [0.2, 0.25) is 5.02 Å². The van der Waals surface area contributed by atoms with Crippen molar-refractivity contribution in [3.8, 4) is 11.4 Å². The van der Waals surface area contributed by atoms with E-state index in [1.54, 1.807) is 42.6 Å². The summed E-state index contributed by atoms with van der Waals surface area (Å²) in [6.07, 6.45) is 3.09. The van der Waals surface area contributed by atoms with E-state index in [0.29, 0.717) is 16.4 Å². The second-order valence-corrected chi connectivity index (χ2v) is 11.0. The number of amides is 1. The Labute approximate surface area is 198 Å². The molecular formula is C21H17ClN6O3S2. The number of carbonyl (C=O) groups excluding carboxylic acids is 1. The van der Waals surface area contributed by atoms with E-state index in [4.69, 9.17) is 11.6 Å². The van der Waals surface area contributed by atoms with Crippen molar-refractivity contribution in [2.24, 2.45) is 0 Å². The van der Waals surface area contributed by atoms with E-state index in [9.17, 15) is 13.2 Å². The Morgan fingerprint density at radius 2 is 1.79 bits per heavy atom. The molecule has 1 fully saturated rings. The summed E-state index contributed by atoms with van der Waals surface area (Å²) in [6.45, 7) is 0.839. The van der Waals surface area contributed by atoms with Gasteiger partial charge in [0.05, 0.1) is 11.9 Å². The van der Waals surface area contributed by atoms with Crippen LogP contribution in [-0.2, 0) is 10.0 Å². The van der Waals surface area contributed by atoms with Crippen LogP contribution in [0.3, 0.4) is 0 Å². The molecule has 12 heteroatoms. The third-order valence-electron chi connectivity index (χ3n) is 5.26. The van der Waals surface area contributed by atoms with Crippen molar-refractivity contribution < 1.29 is 13.2 Å². The summed E-state index contributed by atoms with van der Waals surface area (Å²) in [5, 5.41) is 9.38. The molecule has 9 nitrogen and oxygen atoms in total. The van der Waals surface area contributed by atoms with Crippen LogP contribution < -0.4 is 0 Å². The first-order valence-electron chi connectivity index (χ1n) is 10.0. The smallest absolute Gasteiger partial charge is 0.293 e. The van der Waals surface area contributed by atoms with Gasteiger partial charge in [0.15, 0.2) is 0 Å². The fraction of sp³-hybridized carbons (Fsp3) is 0.190. The van der Waals surface area contributed by atoms with E-state index in [1.165, 1.54) is 26.7 Å². The number of benzene rings is 1. The summed E-state index contributed by atoms with van der Waals surface area (Å²) in [5.41, 5.74) is 1.08. The first kappa shape index (κ1) is 21.8. The lowest BCUT2D eigenvalue weighted by Crippen LogP contribution is -2.50. The van der Waals surface area contributed by atoms with Crippen LogP contribution in [0.5, 0.6) is 0 Å². The number of hydrogen-bond acceptors (Lipinski definition) is 8. The van der Waals surface area contributed by atoms with Crippen LogP contribution in [-0.4, -0.2) is 69.9 Å². The molecule has 1 aliphatic heterocycles. The minimum Gasteiger partial charge on any atom is -0.333 e. The Kier molecular flexibility index (Phi) is 5.79. The number of nitrogens with zero attached hydrogens (tertiary/aromatic N) is 6. The second-order valence-electron chi connectivity index (χ2n) is 7.33. The molecule has 1 aliphatic rings. The molecule has 0 N–H and O–H groups in total. The first-order valence-corrected chi connectivity index (χ1v) is 12.6. The number of aromatic nitrogens is 4. The van der Waals surface area contributed by atoms with Gasteiger partial charge in [-0.1, -0.05) is 23.7 Å². The molecule has 0 saturated carbocycles. The topological polar surface area (TPSA) is 109 Å². The predicted octanol–water partition coefficient (Wildman–Crippen LogP) is 2.95. The average molecular weight is 501 g/mol. The summed E-state index contributed by atoms with van der Waals surface area (Å²) in [5.74, 6) is -0.420. The van der Waals surface area contributed by atoms with E-state index >= 15 is 0 Å². The van der Waals surface area contributed by atoms with Gasteiger partial charge in [-0.2, -0.15) is 4.31 Å². The lowest BCUT2D eigenvalue weighted by atomic mass is 10.3. The normalized spacial score (nSPS) is 15.1. The van der Waals surface area contributed by atoms with Crippen molar-refractivity contribution in [3.63, 3.8) is 0 Å². The Balaban J connectivity index is 1.26. The van der Waals surface area contributed by atoms with Crippen LogP contribution in [0.1, 0.15) is 10.6 Å². The fourth-order valence-electron chi connectivity index (χ4n) is 3.51. The number of halogens is 1. The third kappa shape index (κ3) is 4.32.